The van der Waals surface area contributed by atoms with Crippen molar-refractivity contribution in [2.24, 2.45) is 0 Å². The molecule has 112 valence electrons. The van der Waals surface area contributed by atoms with Crippen LogP contribution in [-0.2, 0) is 0 Å². The molecule has 1 fully saturated rings. The maximum absolute atomic E-state index is 12.5. The fraction of sp³-hybridized carbons (Fsp3) is 0.562. The zero-order valence-corrected chi connectivity index (χ0v) is 12.7. The van der Waals surface area contributed by atoms with Crippen molar-refractivity contribution >= 4 is 11.6 Å². The van der Waals surface area contributed by atoms with Crippen molar-refractivity contribution in [1.29, 1.82) is 0 Å². The van der Waals surface area contributed by atoms with Gasteiger partial charge in [-0.15, -0.1) is 0 Å². The van der Waals surface area contributed by atoms with Crippen molar-refractivity contribution in [3.8, 4) is 0 Å². The minimum absolute atomic E-state index is 0.0955. The first-order valence-corrected chi connectivity index (χ1v) is 7.77. The number of amides is 1. The number of fused-ring (bicyclic) bond motifs is 1. The van der Waals surface area contributed by atoms with Gasteiger partial charge in [0.25, 0.3) is 5.91 Å². The molecule has 0 saturated heterocycles. The van der Waals surface area contributed by atoms with Crippen molar-refractivity contribution < 1.29 is 4.79 Å². The van der Waals surface area contributed by atoms with Crippen LogP contribution in [0.1, 0.15) is 60.4 Å². The van der Waals surface area contributed by atoms with Crippen LogP contribution in [0.5, 0.6) is 0 Å². The van der Waals surface area contributed by atoms with E-state index in [-0.39, 0.29) is 11.9 Å². The van der Waals surface area contributed by atoms with Crippen LogP contribution < -0.4 is 5.32 Å². The Morgan fingerprint density at radius 3 is 2.67 bits per heavy atom. The summed E-state index contributed by atoms with van der Waals surface area (Å²) in [5, 5.41) is 3.14. The molecule has 1 aliphatic rings. The Labute approximate surface area is 124 Å². The van der Waals surface area contributed by atoms with Crippen molar-refractivity contribution in [3.05, 3.63) is 29.5 Å². The summed E-state index contributed by atoms with van der Waals surface area (Å²) in [7, 11) is 0. The molecule has 2 aromatic rings. The third-order valence-corrected chi connectivity index (χ3v) is 4.23. The van der Waals surface area contributed by atoms with Crippen LogP contribution in [-0.4, -0.2) is 26.3 Å². The van der Waals surface area contributed by atoms with E-state index in [1.54, 1.807) is 6.33 Å². The zero-order valence-electron chi connectivity index (χ0n) is 12.7. The van der Waals surface area contributed by atoms with Gasteiger partial charge in [0.2, 0.25) is 0 Å². The maximum atomic E-state index is 12.5. The molecule has 0 atom stereocenters. The molecule has 1 aliphatic carbocycles. The van der Waals surface area contributed by atoms with Gasteiger partial charge in [-0.25, -0.2) is 9.97 Å². The molecule has 1 amide bonds. The average Bonchev–Trinajstić information content (AvgIpc) is 2.69. The van der Waals surface area contributed by atoms with Gasteiger partial charge in [-0.1, -0.05) is 25.7 Å². The van der Waals surface area contributed by atoms with E-state index in [1.165, 1.54) is 25.7 Å². The predicted octanol–water partition coefficient (Wildman–Crippen LogP) is 2.80. The highest BCUT2D eigenvalue weighted by Crippen LogP contribution is 2.18. The van der Waals surface area contributed by atoms with Crippen LogP contribution in [0, 0.1) is 13.8 Å². The first kappa shape index (κ1) is 14.0. The summed E-state index contributed by atoms with van der Waals surface area (Å²) >= 11 is 0. The quantitative estimate of drug-likeness (QED) is 0.864. The number of hydrogen-bond donors (Lipinski definition) is 1. The molecular formula is C16H22N4O. The number of rotatable bonds is 2. The molecule has 0 aliphatic heterocycles. The number of aromatic nitrogens is 3. The van der Waals surface area contributed by atoms with Gasteiger partial charge in [0.05, 0.1) is 0 Å². The molecule has 1 N–H and O–H groups in total. The second-order valence-corrected chi connectivity index (χ2v) is 5.99. The van der Waals surface area contributed by atoms with Gasteiger partial charge in [0.1, 0.15) is 6.33 Å². The summed E-state index contributed by atoms with van der Waals surface area (Å²) in [5.41, 5.74) is 3.03. The Morgan fingerprint density at radius 1 is 1.24 bits per heavy atom. The highest BCUT2D eigenvalue weighted by atomic mass is 16.2. The molecule has 3 rings (SSSR count). The lowest BCUT2D eigenvalue weighted by molar-refractivity contribution is 0.0930. The van der Waals surface area contributed by atoms with Crippen LogP contribution in [0.25, 0.3) is 5.65 Å². The van der Waals surface area contributed by atoms with Crippen molar-refractivity contribution in [2.75, 3.05) is 0 Å². The number of carbonyl (C=O) groups excluding carboxylic acids is 1. The Kier molecular flexibility index (Phi) is 3.90. The summed E-state index contributed by atoms with van der Waals surface area (Å²) < 4.78 is 1.87. The third-order valence-electron chi connectivity index (χ3n) is 4.23. The van der Waals surface area contributed by atoms with E-state index in [4.69, 9.17) is 0 Å². The minimum Gasteiger partial charge on any atom is -0.348 e. The number of carbonyl (C=O) groups is 1. The van der Waals surface area contributed by atoms with Crippen LogP contribution in [0.2, 0.25) is 0 Å². The second kappa shape index (κ2) is 5.84. The predicted molar refractivity (Wildman–Crippen MR) is 81.4 cm³/mol. The maximum Gasteiger partial charge on any atom is 0.274 e. The summed E-state index contributed by atoms with van der Waals surface area (Å²) in [6.45, 7) is 3.93. The molecule has 1 saturated carbocycles. The van der Waals surface area contributed by atoms with E-state index in [9.17, 15) is 4.79 Å². The summed E-state index contributed by atoms with van der Waals surface area (Å²) in [4.78, 5) is 21.2. The van der Waals surface area contributed by atoms with E-state index >= 15 is 0 Å². The molecule has 0 aromatic carbocycles. The molecule has 5 heteroatoms. The second-order valence-electron chi connectivity index (χ2n) is 5.99. The molecule has 21 heavy (non-hydrogen) atoms. The van der Waals surface area contributed by atoms with Gasteiger partial charge in [0, 0.05) is 17.4 Å². The lowest BCUT2D eigenvalue weighted by Crippen LogP contribution is -2.34. The summed E-state index contributed by atoms with van der Waals surface area (Å²) in [5.74, 6) is -0.0955. The topological polar surface area (TPSA) is 59.3 Å². The van der Waals surface area contributed by atoms with Crippen molar-refractivity contribution in [3.63, 3.8) is 0 Å². The van der Waals surface area contributed by atoms with Gasteiger partial charge in [0.15, 0.2) is 11.3 Å². The number of imidazole rings is 1. The van der Waals surface area contributed by atoms with Crippen LogP contribution in [0.4, 0.5) is 0 Å². The van der Waals surface area contributed by atoms with E-state index in [2.05, 4.69) is 15.3 Å². The minimum atomic E-state index is -0.0955. The SMILES string of the molecule is Cc1cc(C)n2cnc(C(=O)NC3CCCCCC3)c2n1. The normalized spacial score (nSPS) is 16.9. The molecule has 0 bridgehead atoms. The van der Waals surface area contributed by atoms with E-state index in [1.807, 2.05) is 24.3 Å². The van der Waals surface area contributed by atoms with Gasteiger partial charge in [-0.05, 0) is 32.8 Å². The highest BCUT2D eigenvalue weighted by Gasteiger charge is 2.20. The van der Waals surface area contributed by atoms with Gasteiger partial charge in [-0.2, -0.15) is 0 Å². The molecule has 2 heterocycles. The Morgan fingerprint density at radius 2 is 1.95 bits per heavy atom. The smallest absolute Gasteiger partial charge is 0.274 e. The zero-order chi connectivity index (χ0) is 14.8. The number of aryl methyl sites for hydroxylation is 2. The van der Waals surface area contributed by atoms with Crippen molar-refractivity contribution in [2.45, 2.75) is 58.4 Å². The highest BCUT2D eigenvalue weighted by molar-refractivity contribution is 5.98. The Hall–Kier alpha value is -1.91. The third kappa shape index (κ3) is 2.91. The van der Waals surface area contributed by atoms with E-state index in [0.29, 0.717) is 11.3 Å². The van der Waals surface area contributed by atoms with E-state index in [0.717, 1.165) is 24.2 Å². The number of nitrogens with zero attached hydrogens (tertiary/aromatic N) is 3. The summed E-state index contributed by atoms with van der Waals surface area (Å²) in [6, 6.07) is 2.27. The molecule has 0 unspecified atom stereocenters. The van der Waals surface area contributed by atoms with Gasteiger partial charge < -0.3 is 5.32 Å². The van der Waals surface area contributed by atoms with Gasteiger partial charge >= 0.3 is 0 Å². The largest absolute Gasteiger partial charge is 0.348 e. The first-order chi connectivity index (χ1) is 10.1. The molecular weight excluding hydrogens is 264 g/mol. The van der Waals surface area contributed by atoms with Crippen molar-refractivity contribution in [1.82, 2.24) is 19.7 Å². The lowest BCUT2D eigenvalue weighted by atomic mass is 10.1. The molecule has 5 nitrogen and oxygen atoms in total. The standard InChI is InChI=1S/C16H22N4O/c1-11-9-12(2)20-10-17-14(15(20)18-11)16(21)19-13-7-5-3-4-6-8-13/h9-10,13H,3-8H2,1-2H3,(H,19,21). The molecule has 2 aromatic heterocycles. The lowest BCUT2D eigenvalue weighted by Gasteiger charge is -2.15. The number of hydrogen-bond acceptors (Lipinski definition) is 3. The van der Waals surface area contributed by atoms with Crippen LogP contribution in [0.3, 0.4) is 0 Å². The van der Waals surface area contributed by atoms with Crippen LogP contribution >= 0.6 is 0 Å². The molecule has 0 spiro atoms. The number of nitrogens with one attached hydrogen (secondary N) is 1. The monoisotopic (exact) mass is 286 g/mol. The first-order valence-electron chi connectivity index (χ1n) is 7.77. The fourth-order valence-electron chi connectivity index (χ4n) is 3.12. The van der Waals surface area contributed by atoms with Crippen LogP contribution in [0.15, 0.2) is 12.4 Å². The van der Waals surface area contributed by atoms with Gasteiger partial charge in [-0.3, -0.25) is 9.20 Å². The molecule has 0 radical (unpaired) electrons. The average molecular weight is 286 g/mol. The fourth-order valence-corrected chi connectivity index (χ4v) is 3.12. The Balaban J connectivity index is 1.84. The Bertz CT molecular complexity index is 654. The van der Waals surface area contributed by atoms with E-state index < -0.39 is 0 Å². The summed E-state index contributed by atoms with van der Waals surface area (Å²) in [6.07, 6.45) is 8.78.